The van der Waals surface area contributed by atoms with Gasteiger partial charge in [-0.05, 0) is 51.8 Å². The lowest BCUT2D eigenvalue weighted by Gasteiger charge is -2.14. The van der Waals surface area contributed by atoms with Crippen molar-refractivity contribution in [3.8, 4) is 0 Å². The molecule has 6 heteroatoms. The third kappa shape index (κ3) is 8.52. The maximum absolute atomic E-state index is 12.2. The van der Waals surface area contributed by atoms with E-state index in [1.807, 2.05) is 38.1 Å². The van der Waals surface area contributed by atoms with Gasteiger partial charge in [-0.15, -0.1) is 24.0 Å². The van der Waals surface area contributed by atoms with Gasteiger partial charge < -0.3 is 16.0 Å². The average Bonchev–Trinajstić information content (AvgIpc) is 2.52. The standard InChI is InChI=1S/C18H30N4O.HI/c1-6-14(5)22-17(23)16-10-8-9-15(11-16)12-20-18(19-7-2)21-13(3)4;/h8-11,13-14H,6-7,12H2,1-5H3,(H,22,23)(H2,19,20,21);1H. The Morgan fingerprint density at radius 1 is 1.17 bits per heavy atom. The minimum atomic E-state index is -0.0302. The highest BCUT2D eigenvalue weighted by molar-refractivity contribution is 14.0. The third-order valence-corrected chi connectivity index (χ3v) is 3.37. The van der Waals surface area contributed by atoms with E-state index in [1.54, 1.807) is 0 Å². The van der Waals surface area contributed by atoms with Crippen LogP contribution in [0.3, 0.4) is 0 Å². The largest absolute Gasteiger partial charge is 0.357 e. The number of hydrogen-bond donors (Lipinski definition) is 3. The van der Waals surface area contributed by atoms with Crippen LogP contribution in [0.5, 0.6) is 0 Å². The second kappa shape index (κ2) is 12.1. The quantitative estimate of drug-likeness (QED) is 0.342. The van der Waals surface area contributed by atoms with E-state index in [4.69, 9.17) is 0 Å². The van der Waals surface area contributed by atoms with Crippen LogP contribution < -0.4 is 16.0 Å². The second-order valence-electron chi connectivity index (χ2n) is 5.98. The summed E-state index contributed by atoms with van der Waals surface area (Å²) in [5.74, 6) is 0.759. The third-order valence-electron chi connectivity index (χ3n) is 3.37. The Morgan fingerprint density at radius 2 is 1.88 bits per heavy atom. The fourth-order valence-electron chi connectivity index (χ4n) is 1.98. The Bertz CT molecular complexity index is 532. The normalized spacial score (nSPS) is 12.3. The van der Waals surface area contributed by atoms with Crippen LogP contribution in [0, 0.1) is 0 Å². The van der Waals surface area contributed by atoms with Crippen LogP contribution in [0.2, 0.25) is 0 Å². The Labute approximate surface area is 163 Å². The van der Waals surface area contributed by atoms with Crippen LogP contribution in [0.4, 0.5) is 0 Å². The van der Waals surface area contributed by atoms with Gasteiger partial charge in [0.2, 0.25) is 0 Å². The van der Waals surface area contributed by atoms with Gasteiger partial charge in [0.1, 0.15) is 0 Å². The van der Waals surface area contributed by atoms with Gasteiger partial charge in [0.25, 0.3) is 5.91 Å². The SMILES string of the molecule is CCNC(=NCc1cccc(C(=O)NC(C)CC)c1)NC(C)C.I. The molecule has 5 nitrogen and oxygen atoms in total. The summed E-state index contributed by atoms with van der Waals surface area (Å²) in [6.45, 7) is 11.6. The summed E-state index contributed by atoms with van der Waals surface area (Å²) >= 11 is 0. The number of carbonyl (C=O) groups is 1. The first kappa shape index (κ1) is 22.7. The smallest absolute Gasteiger partial charge is 0.251 e. The molecule has 136 valence electrons. The Kier molecular flexibility index (Phi) is 11.4. The van der Waals surface area contributed by atoms with Crippen molar-refractivity contribution in [3.05, 3.63) is 35.4 Å². The highest BCUT2D eigenvalue weighted by atomic mass is 127. The maximum Gasteiger partial charge on any atom is 0.251 e. The first-order chi connectivity index (χ1) is 11.0. The summed E-state index contributed by atoms with van der Waals surface area (Å²) in [4.78, 5) is 16.7. The molecule has 1 atom stereocenters. The Morgan fingerprint density at radius 3 is 2.46 bits per heavy atom. The topological polar surface area (TPSA) is 65.5 Å². The lowest BCUT2D eigenvalue weighted by molar-refractivity contribution is 0.0939. The molecule has 0 fully saturated rings. The lowest BCUT2D eigenvalue weighted by Crippen LogP contribution is -2.41. The molecule has 1 aromatic carbocycles. The van der Waals surface area contributed by atoms with Crippen molar-refractivity contribution < 1.29 is 4.79 Å². The molecule has 1 aromatic rings. The molecule has 0 aromatic heterocycles. The molecule has 0 radical (unpaired) electrons. The number of halogens is 1. The average molecular weight is 446 g/mol. The molecule has 0 aliphatic carbocycles. The first-order valence-corrected chi connectivity index (χ1v) is 8.40. The molecule has 1 rings (SSSR count). The van der Waals surface area contributed by atoms with Gasteiger partial charge >= 0.3 is 0 Å². The van der Waals surface area contributed by atoms with Gasteiger partial charge in [-0.3, -0.25) is 4.79 Å². The molecule has 0 heterocycles. The van der Waals surface area contributed by atoms with Crippen molar-refractivity contribution in [3.63, 3.8) is 0 Å². The van der Waals surface area contributed by atoms with Crippen molar-refractivity contribution >= 4 is 35.8 Å². The Balaban J connectivity index is 0.00000529. The van der Waals surface area contributed by atoms with Gasteiger partial charge in [0.05, 0.1) is 6.54 Å². The molecule has 0 saturated carbocycles. The van der Waals surface area contributed by atoms with Crippen molar-refractivity contribution in [1.29, 1.82) is 0 Å². The van der Waals surface area contributed by atoms with Crippen LogP contribution in [-0.2, 0) is 6.54 Å². The van der Waals surface area contributed by atoms with Crippen molar-refractivity contribution in [2.24, 2.45) is 4.99 Å². The van der Waals surface area contributed by atoms with Crippen LogP contribution in [0.15, 0.2) is 29.3 Å². The molecular formula is C18H31IN4O. The molecule has 1 amide bonds. The van der Waals surface area contributed by atoms with Crippen LogP contribution in [0.25, 0.3) is 0 Å². The number of nitrogens with one attached hydrogen (secondary N) is 3. The van der Waals surface area contributed by atoms with Gasteiger partial charge in [-0.1, -0.05) is 19.1 Å². The molecule has 0 spiro atoms. The van der Waals surface area contributed by atoms with Crippen LogP contribution in [-0.4, -0.2) is 30.5 Å². The zero-order valence-corrected chi connectivity index (χ0v) is 17.7. The molecule has 0 aliphatic rings. The highest BCUT2D eigenvalue weighted by Crippen LogP contribution is 2.07. The highest BCUT2D eigenvalue weighted by Gasteiger charge is 2.09. The van der Waals surface area contributed by atoms with E-state index < -0.39 is 0 Å². The van der Waals surface area contributed by atoms with E-state index in [0.29, 0.717) is 18.2 Å². The number of benzene rings is 1. The molecule has 0 aliphatic heterocycles. The number of nitrogens with zero attached hydrogens (tertiary/aromatic N) is 1. The second-order valence-corrected chi connectivity index (χ2v) is 5.98. The van der Waals surface area contributed by atoms with E-state index in [0.717, 1.165) is 24.5 Å². The lowest BCUT2D eigenvalue weighted by atomic mass is 10.1. The van der Waals surface area contributed by atoms with Gasteiger partial charge in [0.15, 0.2) is 5.96 Å². The van der Waals surface area contributed by atoms with Crippen molar-refractivity contribution in [2.45, 2.75) is 59.7 Å². The molecule has 3 N–H and O–H groups in total. The summed E-state index contributed by atoms with van der Waals surface area (Å²) < 4.78 is 0. The fraction of sp³-hybridized carbons (Fsp3) is 0.556. The van der Waals surface area contributed by atoms with E-state index >= 15 is 0 Å². The van der Waals surface area contributed by atoms with E-state index in [-0.39, 0.29) is 35.9 Å². The number of amides is 1. The molecule has 24 heavy (non-hydrogen) atoms. The van der Waals surface area contributed by atoms with Crippen LogP contribution in [0.1, 0.15) is 57.0 Å². The maximum atomic E-state index is 12.2. The minimum absolute atomic E-state index is 0. The summed E-state index contributed by atoms with van der Waals surface area (Å²) in [6.07, 6.45) is 0.919. The summed E-state index contributed by atoms with van der Waals surface area (Å²) in [5, 5.41) is 9.48. The zero-order chi connectivity index (χ0) is 17.2. The number of aliphatic imine (C=N–C) groups is 1. The van der Waals surface area contributed by atoms with Gasteiger partial charge in [-0.2, -0.15) is 0 Å². The number of rotatable bonds is 7. The van der Waals surface area contributed by atoms with Crippen molar-refractivity contribution in [1.82, 2.24) is 16.0 Å². The molecule has 0 bridgehead atoms. The first-order valence-electron chi connectivity index (χ1n) is 8.40. The van der Waals surface area contributed by atoms with Crippen molar-refractivity contribution in [2.75, 3.05) is 6.54 Å². The van der Waals surface area contributed by atoms with E-state index in [1.165, 1.54) is 0 Å². The summed E-state index contributed by atoms with van der Waals surface area (Å²) in [5.41, 5.74) is 1.70. The fourth-order valence-corrected chi connectivity index (χ4v) is 1.98. The van der Waals surface area contributed by atoms with Crippen LogP contribution >= 0.6 is 24.0 Å². The summed E-state index contributed by atoms with van der Waals surface area (Å²) in [7, 11) is 0. The number of carbonyl (C=O) groups excluding carboxylic acids is 1. The molecular weight excluding hydrogens is 415 g/mol. The number of hydrogen-bond acceptors (Lipinski definition) is 2. The molecule has 1 unspecified atom stereocenters. The monoisotopic (exact) mass is 446 g/mol. The zero-order valence-electron chi connectivity index (χ0n) is 15.3. The van der Waals surface area contributed by atoms with Gasteiger partial charge in [0, 0.05) is 24.2 Å². The van der Waals surface area contributed by atoms with E-state index in [9.17, 15) is 4.79 Å². The predicted octanol–water partition coefficient (Wildman–Crippen LogP) is 3.30. The summed E-state index contributed by atoms with van der Waals surface area (Å²) in [6, 6.07) is 8.13. The van der Waals surface area contributed by atoms with E-state index in [2.05, 4.69) is 41.7 Å². The number of guanidine groups is 1. The molecule has 0 saturated heterocycles. The minimum Gasteiger partial charge on any atom is -0.357 e. The van der Waals surface area contributed by atoms with Gasteiger partial charge in [-0.25, -0.2) is 4.99 Å². The Hall–Kier alpha value is -1.31. The predicted molar refractivity (Wildman–Crippen MR) is 112 cm³/mol.